The van der Waals surface area contributed by atoms with Crippen LogP contribution in [0, 0.1) is 0 Å². The highest BCUT2D eigenvalue weighted by molar-refractivity contribution is 7.92. The molecule has 0 unspecified atom stereocenters. The first kappa shape index (κ1) is 33.5. The first-order chi connectivity index (χ1) is 20.0. The monoisotopic (exact) mass is 653 g/mol. The zero-order valence-corrected chi connectivity index (χ0v) is 26.7. The summed E-state index contributed by atoms with van der Waals surface area (Å²) in [6.07, 6.45) is 1.93. The van der Waals surface area contributed by atoms with Crippen molar-refractivity contribution in [2.24, 2.45) is 0 Å². The Labute approximate surface area is 262 Å². The summed E-state index contributed by atoms with van der Waals surface area (Å²) in [6.45, 7) is 3.53. The van der Waals surface area contributed by atoms with Crippen molar-refractivity contribution < 1.29 is 22.7 Å². The molecule has 3 aromatic rings. The van der Waals surface area contributed by atoms with Crippen LogP contribution in [-0.2, 0) is 26.2 Å². The molecule has 0 heterocycles. The van der Waals surface area contributed by atoms with Crippen molar-refractivity contribution >= 4 is 62.3 Å². The number of methoxy groups -OCH3 is 1. The third kappa shape index (κ3) is 8.31. The second-order valence-electron chi connectivity index (χ2n) is 9.45. The van der Waals surface area contributed by atoms with Gasteiger partial charge >= 0.3 is 0 Å². The minimum absolute atomic E-state index is 0.0453. The first-order valence-electron chi connectivity index (χ1n) is 13.5. The minimum Gasteiger partial charge on any atom is -0.497 e. The third-order valence-electron chi connectivity index (χ3n) is 6.65. The molecule has 0 fully saturated rings. The van der Waals surface area contributed by atoms with Gasteiger partial charge < -0.3 is 15.0 Å². The van der Waals surface area contributed by atoms with Crippen LogP contribution in [0.5, 0.6) is 5.75 Å². The SMILES string of the molecule is CCCCNC(=O)[C@@H](CC)N(Cc1c(Cl)cccc1Cl)C(=O)CN(c1ccc(Cl)cc1)S(=O)(=O)c1ccc(OC)cc1. The van der Waals surface area contributed by atoms with Gasteiger partial charge in [0, 0.05) is 33.7 Å². The van der Waals surface area contributed by atoms with Gasteiger partial charge in [0.05, 0.1) is 17.7 Å². The maximum Gasteiger partial charge on any atom is 0.264 e. The van der Waals surface area contributed by atoms with E-state index in [4.69, 9.17) is 39.5 Å². The molecular formula is C30H34Cl3N3O5S. The number of rotatable bonds is 14. The number of unbranched alkanes of at least 4 members (excludes halogenated alkanes) is 1. The van der Waals surface area contributed by atoms with Gasteiger partial charge in [-0.2, -0.15) is 0 Å². The summed E-state index contributed by atoms with van der Waals surface area (Å²) in [5.74, 6) is -0.486. The molecule has 3 aromatic carbocycles. The molecule has 0 bridgehead atoms. The van der Waals surface area contributed by atoms with Gasteiger partial charge in [0.15, 0.2) is 0 Å². The van der Waals surface area contributed by atoms with E-state index < -0.39 is 28.5 Å². The summed E-state index contributed by atoms with van der Waals surface area (Å²) in [4.78, 5) is 28.7. The van der Waals surface area contributed by atoms with E-state index in [-0.39, 0.29) is 29.5 Å². The minimum atomic E-state index is -4.25. The van der Waals surface area contributed by atoms with Gasteiger partial charge in [-0.1, -0.05) is 61.1 Å². The normalized spacial score (nSPS) is 12.0. The Kier molecular flexibility index (Phi) is 12.4. The molecule has 226 valence electrons. The number of sulfonamides is 1. The van der Waals surface area contributed by atoms with Crippen molar-refractivity contribution in [3.63, 3.8) is 0 Å². The molecule has 42 heavy (non-hydrogen) atoms. The second kappa shape index (κ2) is 15.5. The lowest BCUT2D eigenvalue weighted by atomic mass is 10.1. The number of hydrogen-bond acceptors (Lipinski definition) is 5. The summed E-state index contributed by atoms with van der Waals surface area (Å²) in [6, 6.07) is 16.0. The summed E-state index contributed by atoms with van der Waals surface area (Å²) in [5, 5.41) is 3.93. The molecule has 0 aliphatic carbocycles. The van der Waals surface area contributed by atoms with Gasteiger partial charge in [-0.15, -0.1) is 0 Å². The Balaban J connectivity index is 2.07. The van der Waals surface area contributed by atoms with Crippen LogP contribution in [0.4, 0.5) is 5.69 Å². The van der Waals surface area contributed by atoms with Crippen molar-refractivity contribution in [3.8, 4) is 5.75 Å². The van der Waals surface area contributed by atoms with Crippen LogP contribution in [0.3, 0.4) is 0 Å². The number of nitrogens with zero attached hydrogens (tertiary/aromatic N) is 2. The molecule has 1 N–H and O–H groups in total. The predicted molar refractivity (Wildman–Crippen MR) is 168 cm³/mol. The van der Waals surface area contributed by atoms with E-state index in [1.807, 2.05) is 6.92 Å². The highest BCUT2D eigenvalue weighted by Gasteiger charge is 2.34. The maximum absolute atomic E-state index is 14.1. The largest absolute Gasteiger partial charge is 0.497 e. The predicted octanol–water partition coefficient (Wildman–Crippen LogP) is 6.57. The molecule has 0 aliphatic rings. The van der Waals surface area contributed by atoms with E-state index in [2.05, 4.69) is 5.32 Å². The standard InChI is InChI=1S/C30H34Cl3N3O5S/c1-4-6-18-34-30(38)28(5-2)35(19-25-26(32)8-7-9-27(25)33)29(37)20-36(22-12-10-21(31)11-13-22)42(39,40)24-16-14-23(41-3)15-17-24/h7-17,28H,4-6,18-20H2,1-3H3,(H,34,38)/t28-/m1/s1. The van der Waals surface area contributed by atoms with E-state index in [0.717, 1.165) is 17.1 Å². The number of carbonyl (C=O) groups excluding carboxylic acids is 2. The Morgan fingerprint density at radius 1 is 0.929 bits per heavy atom. The summed E-state index contributed by atoms with van der Waals surface area (Å²) in [7, 11) is -2.77. The number of anilines is 1. The fourth-order valence-corrected chi connectivity index (χ4v) is 6.35. The molecular weight excluding hydrogens is 621 g/mol. The number of hydrogen-bond donors (Lipinski definition) is 1. The summed E-state index contributed by atoms with van der Waals surface area (Å²) >= 11 is 19.0. The van der Waals surface area contributed by atoms with Gasteiger partial charge in [-0.05, 0) is 73.5 Å². The van der Waals surface area contributed by atoms with E-state index in [9.17, 15) is 18.0 Å². The number of amides is 2. The zero-order valence-electron chi connectivity index (χ0n) is 23.6. The number of nitrogens with one attached hydrogen (secondary N) is 1. The van der Waals surface area contributed by atoms with Crippen LogP contribution in [0.2, 0.25) is 15.1 Å². The lowest BCUT2D eigenvalue weighted by Crippen LogP contribution is -2.52. The molecule has 0 aliphatic heterocycles. The molecule has 12 heteroatoms. The molecule has 3 rings (SSSR count). The van der Waals surface area contributed by atoms with Gasteiger partial charge in [-0.25, -0.2) is 8.42 Å². The van der Waals surface area contributed by atoms with Crippen molar-refractivity contribution in [1.82, 2.24) is 10.2 Å². The average molecular weight is 655 g/mol. The zero-order chi connectivity index (χ0) is 30.9. The Morgan fingerprint density at radius 2 is 1.55 bits per heavy atom. The number of ether oxygens (including phenoxy) is 1. The van der Waals surface area contributed by atoms with Crippen molar-refractivity contribution in [1.29, 1.82) is 0 Å². The number of carbonyl (C=O) groups is 2. The lowest BCUT2D eigenvalue weighted by Gasteiger charge is -2.33. The van der Waals surface area contributed by atoms with Gasteiger partial charge in [0.25, 0.3) is 10.0 Å². The molecule has 2 amide bonds. The van der Waals surface area contributed by atoms with Crippen LogP contribution in [-0.4, -0.2) is 51.4 Å². The Morgan fingerprint density at radius 3 is 2.10 bits per heavy atom. The second-order valence-corrected chi connectivity index (χ2v) is 12.6. The molecule has 0 spiro atoms. The molecule has 8 nitrogen and oxygen atoms in total. The van der Waals surface area contributed by atoms with Crippen LogP contribution < -0.4 is 14.4 Å². The molecule has 0 aromatic heterocycles. The van der Waals surface area contributed by atoms with Crippen LogP contribution in [0.15, 0.2) is 71.6 Å². The topological polar surface area (TPSA) is 96.0 Å². The molecule has 0 saturated heterocycles. The van der Waals surface area contributed by atoms with Gasteiger partial charge in [0.2, 0.25) is 11.8 Å². The average Bonchev–Trinajstić information content (AvgIpc) is 2.97. The highest BCUT2D eigenvalue weighted by Crippen LogP contribution is 2.29. The molecule has 0 saturated carbocycles. The van der Waals surface area contributed by atoms with E-state index in [1.54, 1.807) is 25.1 Å². The van der Waals surface area contributed by atoms with Crippen molar-refractivity contribution in [3.05, 3.63) is 87.4 Å². The van der Waals surface area contributed by atoms with Crippen molar-refractivity contribution in [2.45, 2.75) is 50.6 Å². The number of benzene rings is 3. The summed E-state index contributed by atoms with van der Waals surface area (Å²) < 4.78 is 34.1. The Bertz CT molecular complexity index is 1450. The van der Waals surface area contributed by atoms with E-state index >= 15 is 0 Å². The number of halogens is 3. The first-order valence-corrected chi connectivity index (χ1v) is 16.0. The van der Waals surface area contributed by atoms with Gasteiger partial charge in [0.1, 0.15) is 18.3 Å². The quantitative estimate of drug-likeness (QED) is 0.198. The third-order valence-corrected chi connectivity index (χ3v) is 9.39. The fraction of sp³-hybridized carbons (Fsp3) is 0.333. The lowest BCUT2D eigenvalue weighted by molar-refractivity contribution is -0.140. The molecule has 0 radical (unpaired) electrons. The smallest absolute Gasteiger partial charge is 0.264 e. The van der Waals surface area contributed by atoms with Crippen LogP contribution in [0.25, 0.3) is 0 Å². The maximum atomic E-state index is 14.1. The van der Waals surface area contributed by atoms with Crippen LogP contribution >= 0.6 is 34.8 Å². The Hall–Kier alpha value is -2.98. The summed E-state index contributed by atoms with van der Waals surface area (Å²) in [5.41, 5.74) is 0.671. The highest BCUT2D eigenvalue weighted by atomic mass is 35.5. The van der Waals surface area contributed by atoms with E-state index in [1.165, 1.54) is 60.5 Å². The van der Waals surface area contributed by atoms with Crippen LogP contribution in [0.1, 0.15) is 38.7 Å². The fourth-order valence-electron chi connectivity index (χ4n) is 4.29. The van der Waals surface area contributed by atoms with Crippen molar-refractivity contribution in [2.75, 3.05) is 24.5 Å². The van der Waals surface area contributed by atoms with E-state index in [0.29, 0.717) is 32.9 Å². The van der Waals surface area contributed by atoms with Gasteiger partial charge in [-0.3, -0.25) is 13.9 Å². The molecule has 1 atom stereocenters.